The van der Waals surface area contributed by atoms with E-state index in [9.17, 15) is 4.79 Å². The summed E-state index contributed by atoms with van der Waals surface area (Å²) in [5, 5.41) is 0.735. The van der Waals surface area contributed by atoms with Crippen LogP contribution in [0.25, 0.3) is 22.2 Å². The van der Waals surface area contributed by atoms with E-state index >= 15 is 0 Å². The molecule has 1 heterocycles. The van der Waals surface area contributed by atoms with Crippen LogP contribution in [0.4, 0.5) is 0 Å². The summed E-state index contributed by atoms with van der Waals surface area (Å²) >= 11 is 1.66. The average molecular weight is 414 g/mol. The third-order valence-electron chi connectivity index (χ3n) is 6.02. The summed E-state index contributed by atoms with van der Waals surface area (Å²) in [6.45, 7) is 0. The Morgan fingerprint density at radius 3 is 2.20 bits per heavy atom. The van der Waals surface area contributed by atoms with E-state index in [1.165, 1.54) is 17.4 Å². The fraction of sp³-hybridized carbons (Fsp3) is 0.231. The lowest BCUT2D eigenvalue weighted by Crippen LogP contribution is -2.27. The van der Waals surface area contributed by atoms with E-state index in [0.29, 0.717) is 0 Å². The minimum Gasteiger partial charge on any atom is -0.431 e. The molecule has 0 saturated carbocycles. The first-order chi connectivity index (χ1) is 14.8. The molecule has 150 valence electrons. The third kappa shape index (κ3) is 3.25. The first-order valence-corrected chi connectivity index (χ1v) is 11.4. The van der Waals surface area contributed by atoms with Crippen molar-refractivity contribution in [2.45, 2.75) is 36.3 Å². The number of para-hydroxylation sites is 2. The maximum absolute atomic E-state index is 12.4. The number of aldehydes is 1. The van der Waals surface area contributed by atoms with Crippen molar-refractivity contribution >= 4 is 29.1 Å². The topological polar surface area (TPSA) is 43.1 Å². The van der Waals surface area contributed by atoms with Gasteiger partial charge in [0.25, 0.3) is 5.22 Å². The molecule has 0 saturated heterocycles. The van der Waals surface area contributed by atoms with Crippen LogP contribution in [-0.4, -0.2) is 17.0 Å². The second kappa shape index (κ2) is 8.11. The number of nitrogens with zero attached hydrogens (tertiary/aromatic N) is 1. The predicted octanol–water partition coefficient (Wildman–Crippen LogP) is 6.65. The van der Waals surface area contributed by atoms with Gasteiger partial charge in [0.15, 0.2) is 5.58 Å². The number of aromatic nitrogens is 1. The number of unbranched alkanes of at least 4 members (excludes halogenated alkanes) is 2. The highest BCUT2D eigenvalue weighted by Crippen LogP contribution is 2.50. The van der Waals surface area contributed by atoms with Crippen LogP contribution in [-0.2, 0) is 10.2 Å². The highest BCUT2D eigenvalue weighted by atomic mass is 32.2. The lowest BCUT2D eigenvalue weighted by molar-refractivity contribution is -0.111. The number of hydrogen-bond donors (Lipinski definition) is 0. The lowest BCUT2D eigenvalue weighted by Gasteiger charge is -2.25. The molecule has 0 fully saturated rings. The van der Waals surface area contributed by atoms with Gasteiger partial charge < -0.3 is 9.21 Å². The summed E-state index contributed by atoms with van der Waals surface area (Å²) in [6.07, 6.45) is 5.17. The van der Waals surface area contributed by atoms with E-state index in [0.717, 1.165) is 58.9 Å². The third-order valence-corrected chi connectivity index (χ3v) is 6.94. The zero-order valence-corrected chi connectivity index (χ0v) is 17.5. The first-order valence-electron chi connectivity index (χ1n) is 10.5. The molecule has 0 atom stereocenters. The number of oxazole rings is 1. The number of rotatable bonds is 8. The number of fused-ring (bicyclic) bond motifs is 4. The molecular weight excluding hydrogens is 390 g/mol. The molecule has 5 rings (SSSR count). The zero-order valence-electron chi connectivity index (χ0n) is 16.7. The largest absolute Gasteiger partial charge is 0.431 e. The van der Waals surface area contributed by atoms with Crippen LogP contribution in [0.5, 0.6) is 0 Å². The van der Waals surface area contributed by atoms with Gasteiger partial charge in [-0.3, -0.25) is 0 Å². The maximum atomic E-state index is 12.4. The van der Waals surface area contributed by atoms with Gasteiger partial charge >= 0.3 is 0 Å². The van der Waals surface area contributed by atoms with Crippen LogP contribution in [0.2, 0.25) is 0 Å². The Balaban J connectivity index is 1.22. The molecule has 0 aliphatic heterocycles. The number of thioether (sulfide) groups is 1. The van der Waals surface area contributed by atoms with Crippen molar-refractivity contribution in [2.75, 3.05) is 5.75 Å². The quantitative estimate of drug-likeness (QED) is 0.184. The maximum Gasteiger partial charge on any atom is 0.256 e. The van der Waals surface area contributed by atoms with Crippen molar-refractivity contribution in [1.82, 2.24) is 4.98 Å². The number of hydrogen-bond acceptors (Lipinski definition) is 4. The van der Waals surface area contributed by atoms with Gasteiger partial charge in [0.1, 0.15) is 11.8 Å². The Morgan fingerprint density at radius 1 is 0.833 bits per heavy atom. The van der Waals surface area contributed by atoms with Crippen LogP contribution < -0.4 is 0 Å². The molecule has 0 unspecified atom stereocenters. The van der Waals surface area contributed by atoms with Gasteiger partial charge in [-0.2, -0.15) is 0 Å². The van der Waals surface area contributed by atoms with Crippen molar-refractivity contribution < 1.29 is 9.21 Å². The van der Waals surface area contributed by atoms with Gasteiger partial charge in [-0.1, -0.05) is 85.3 Å². The Bertz CT molecular complexity index is 1120. The van der Waals surface area contributed by atoms with Crippen LogP contribution >= 0.6 is 11.8 Å². The van der Waals surface area contributed by atoms with Crippen molar-refractivity contribution in [3.05, 3.63) is 83.9 Å². The summed E-state index contributed by atoms with van der Waals surface area (Å²) in [4.78, 5) is 16.9. The monoisotopic (exact) mass is 413 g/mol. The summed E-state index contributed by atoms with van der Waals surface area (Å²) < 4.78 is 5.77. The van der Waals surface area contributed by atoms with Crippen molar-refractivity contribution in [2.24, 2.45) is 0 Å². The molecule has 3 nitrogen and oxygen atoms in total. The predicted molar refractivity (Wildman–Crippen MR) is 122 cm³/mol. The molecule has 4 aromatic rings. The van der Waals surface area contributed by atoms with Gasteiger partial charge in [0, 0.05) is 5.75 Å². The fourth-order valence-electron chi connectivity index (χ4n) is 4.57. The van der Waals surface area contributed by atoms with Gasteiger partial charge in [0.2, 0.25) is 0 Å². The van der Waals surface area contributed by atoms with E-state index in [1.54, 1.807) is 11.8 Å². The Hall–Kier alpha value is -2.85. The van der Waals surface area contributed by atoms with Gasteiger partial charge in [0.05, 0.1) is 5.41 Å². The molecule has 3 aromatic carbocycles. The Morgan fingerprint density at radius 2 is 1.50 bits per heavy atom. The van der Waals surface area contributed by atoms with E-state index < -0.39 is 5.41 Å². The summed E-state index contributed by atoms with van der Waals surface area (Å²) in [7, 11) is 0. The van der Waals surface area contributed by atoms with Crippen LogP contribution in [0.1, 0.15) is 36.8 Å². The van der Waals surface area contributed by atoms with E-state index in [2.05, 4.69) is 41.4 Å². The fourth-order valence-corrected chi connectivity index (χ4v) is 5.40. The van der Waals surface area contributed by atoms with E-state index in [4.69, 9.17) is 4.42 Å². The molecule has 0 spiro atoms. The molecule has 0 amide bonds. The van der Waals surface area contributed by atoms with Gasteiger partial charge in [-0.05, 0) is 47.2 Å². The SMILES string of the molecule is O=CC1(CCCCCSc2nc3ccccc3o2)c2ccccc2-c2ccccc21. The van der Waals surface area contributed by atoms with Gasteiger partial charge in [-0.25, -0.2) is 4.98 Å². The number of benzene rings is 3. The molecule has 1 aliphatic carbocycles. The second-order valence-electron chi connectivity index (χ2n) is 7.79. The molecule has 30 heavy (non-hydrogen) atoms. The first kappa shape index (κ1) is 19.1. The van der Waals surface area contributed by atoms with Gasteiger partial charge in [-0.15, -0.1) is 0 Å². The molecular formula is C26H23NO2S. The minimum absolute atomic E-state index is 0.513. The number of carbonyl (C=O) groups is 1. The minimum atomic E-state index is -0.513. The summed E-state index contributed by atoms with van der Waals surface area (Å²) in [5.41, 5.74) is 5.95. The highest BCUT2D eigenvalue weighted by molar-refractivity contribution is 7.99. The molecule has 1 aromatic heterocycles. The molecule has 0 N–H and O–H groups in total. The van der Waals surface area contributed by atoms with Crippen LogP contribution in [0.3, 0.4) is 0 Å². The average Bonchev–Trinajstić information content (AvgIpc) is 3.33. The summed E-state index contributed by atoms with van der Waals surface area (Å²) in [6, 6.07) is 24.6. The number of carbonyl (C=O) groups excluding carboxylic acids is 1. The Labute approximate surface area is 180 Å². The standard InChI is InChI=1S/C26H23NO2S/c28-18-26(21-12-4-2-10-19(21)20-11-3-5-13-22(20)26)16-8-1-9-17-30-25-27-23-14-6-7-15-24(23)29-25/h2-7,10-15,18H,1,8-9,16-17H2. The van der Waals surface area contributed by atoms with Crippen LogP contribution in [0, 0.1) is 0 Å². The Kier molecular flexibility index (Phi) is 5.17. The normalized spacial score (nSPS) is 13.9. The van der Waals surface area contributed by atoms with Crippen molar-refractivity contribution in [1.29, 1.82) is 0 Å². The molecule has 0 radical (unpaired) electrons. The van der Waals surface area contributed by atoms with Crippen LogP contribution in [0.15, 0.2) is 82.4 Å². The zero-order chi connectivity index (χ0) is 20.4. The van der Waals surface area contributed by atoms with Crippen molar-refractivity contribution in [3.8, 4) is 11.1 Å². The van der Waals surface area contributed by atoms with Crippen molar-refractivity contribution in [3.63, 3.8) is 0 Å². The summed E-state index contributed by atoms with van der Waals surface area (Å²) in [5.74, 6) is 0.966. The molecule has 1 aliphatic rings. The second-order valence-corrected chi connectivity index (χ2v) is 8.83. The highest BCUT2D eigenvalue weighted by Gasteiger charge is 2.42. The molecule has 0 bridgehead atoms. The molecule has 4 heteroatoms. The van der Waals surface area contributed by atoms with E-state index in [1.807, 2.05) is 36.4 Å². The van der Waals surface area contributed by atoms with E-state index in [-0.39, 0.29) is 0 Å². The lowest BCUT2D eigenvalue weighted by atomic mass is 9.75. The smallest absolute Gasteiger partial charge is 0.256 e.